The minimum Gasteiger partial charge on any atom is -0.483 e. The quantitative estimate of drug-likeness (QED) is 0.538. The van der Waals surface area contributed by atoms with Crippen LogP contribution in [0.4, 0.5) is 0 Å². The van der Waals surface area contributed by atoms with Gasteiger partial charge < -0.3 is 9.30 Å². The number of hydrogen-bond acceptors (Lipinski definition) is 2. The summed E-state index contributed by atoms with van der Waals surface area (Å²) in [5, 5.41) is 1.70. The van der Waals surface area contributed by atoms with Gasteiger partial charge in [-0.1, -0.05) is 53.0 Å². The van der Waals surface area contributed by atoms with Crippen LogP contribution >= 0.6 is 34.8 Å². The van der Waals surface area contributed by atoms with E-state index >= 15 is 0 Å². The highest BCUT2D eigenvalue weighted by Gasteiger charge is 2.12. The highest BCUT2D eigenvalue weighted by Crippen LogP contribution is 2.26. The van der Waals surface area contributed by atoms with Crippen LogP contribution in [0.3, 0.4) is 0 Å². The average molecular weight is 409 g/mol. The zero-order chi connectivity index (χ0) is 18.7. The van der Waals surface area contributed by atoms with Gasteiger partial charge in [0.05, 0.1) is 5.69 Å². The molecule has 0 radical (unpaired) electrons. The van der Waals surface area contributed by atoms with E-state index in [0.717, 1.165) is 11.3 Å². The molecule has 0 atom stereocenters. The van der Waals surface area contributed by atoms with Crippen LogP contribution in [0.1, 0.15) is 16.8 Å². The molecule has 0 fully saturated rings. The first-order valence-electron chi connectivity index (χ1n) is 7.96. The van der Waals surface area contributed by atoms with Crippen LogP contribution in [0.5, 0.6) is 5.75 Å². The number of nitrogens with zero attached hydrogens (tertiary/aromatic N) is 1. The van der Waals surface area contributed by atoms with Crippen molar-refractivity contribution in [2.45, 2.75) is 20.1 Å². The molecule has 2 aromatic carbocycles. The summed E-state index contributed by atoms with van der Waals surface area (Å²) in [6.45, 7) is 2.58. The maximum Gasteiger partial charge on any atom is 0.223 e. The zero-order valence-corrected chi connectivity index (χ0v) is 16.3. The Balaban J connectivity index is 1.85. The number of hydrogen-bond donors (Lipinski definition) is 0. The van der Waals surface area contributed by atoms with Crippen molar-refractivity contribution in [3.05, 3.63) is 96.8 Å². The Hall–Kier alpha value is -1.94. The molecule has 26 heavy (non-hydrogen) atoms. The molecule has 3 aromatic rings. The molecule has 134 valence electrons. The van der Waals surface area contributed by atoms with Crippen LogP contribution in [0.25, 0.3) is 0 Å². The van der Waals surface area contributed by atoms with Crippen LogP contribution in [-0.2, 0) is 13.2 Å². The van der Waals surface area contributed by atoms with E-state index in [-0.39, 0.29) is 17.8 Å². The minimum absolute atomic E-state index is 0.125. The average Bonchev–Trinajstić information content (AvgIpc) is 2.61. The molecule has 0 amide bonds. The molecule has 0 N–H and O–H groups in total. The third kappa shape index (κ3) is 4.24. The lowest BCUT2D eigenvalue weighted by Gasteiger charge is -2.16. The van der Waals surface area contributed by atoms with E-state index in [2.05, 4.69) is 0 Å². The number of ether oxygens (including phenoxy) is 1. The smallest absolute Gasteiger partial charge is 0.223 e. The fraction of sp³-hybridized carbons (Fsp3) is 0.150. The molecule has 0 aliphatic heterocycles. The Bertz CT molecular complexity index is 961. The molecule has 6 heteroatoms. The first-order valence-corrected chi connectivity index (χ1v) is 9.09. The molecule has 0 unspecified atom stereocenters. The fourth-order valence-electron chi connectivity index (χ4n) is 2.60. The second kappa shape index (κ2) is 8.17. The van der Waals surface area contributed by atoms with Crippen molar-refractivity contribution < 1.29 is 4.74 Å². The Morgan fingerprint density at radius 3 is 2.27 bits per heavy atom. The van der Waals surface area contributed by atoms with Gasteiger partial charge in [-0.2, -0.15) is 0 Å². The SMILES string of the molecule is Cc1c(OCc2c(Cl)cccc2Cl)c(=O)ccn1Cc1ccc(Cl)cc1. The first kappa shape index (κ1) is 18.8. The van der Waals surface area contributed by atoms with E-state index in [9.17, 15) is 4.79 Å². The van der Waals surface area contributed by atoms with E-state index in [4.69, 9.17) is 39.5 Å². The third-order valence-corrected chi connectivity index (χ3v) is 5.04. The molecular formula is C20H16Cl3NO2. The van der Waals surface area contributed by atoms with E-state index in [1.807, 2.05) is 35.8 Å². The normalized spacial score (nSPS) is 10.8. The van der Waals surface area contributed by atoms with Gasteiger partial charge in [-0.15, -0.1) is 0 Å². The zero-order valence-electron chi connectivity index (χ0n) is 14.0. The molecule has 1 aromatic heterocycles. The standard InChI is InChI=1S/C20H16Cl3NO2/c1-13-20(26-12-16-17(22)3-2-4-18(16)23)19(25)9-10-24(13)11-14-5-7-15(21)8-6-14/h2-10H,11-12H2,1H3. The molecule has 0 aliphatic rings. The van der Waals surface area contributed by atoms with Gasteiger partial charge in [0.15, 0.2) is 5.75 Å². The minimum atomic E-state index is -0.182. The number of benzene rings is 2. The molecule has 0 saturated heterocycles. The highest BCUT2D eigenvalue weighted by molar-refractivity contribution is 6.35. The predicted molar refractivity (Wildman–Crippen MR) is 107 cm³/mol. The van der Waals surface area contributed by atoms with Crippen molar-refractivity contribution in [1.82, 2.24) is 4.57 Å². The van der Waals surface area contributed by atoms with E-state index in [1.54, 1.807) is 24.4 Å². The lowest BCUT2D eigenvalue weighted by atomic mass is 10.2. The Morgan fingerprint density at radius 1 is 0.962 bits per heavy atom. The molecule has 0 bridgehead atoms. The molecular weight excluding hydrogens is 393 g/mol. The second-order valence-corrected chi connectivity index (χ2v) is 7.09. The maximum atomic E-state index is 12.3. The molecule has 3 nitrogen and oxygen atoms in total. The van der Waals surface area contributed by atoms with Gasteiger partial charge in [0, 0.05) is 39.4 Å². The van der Waals surface area contributed by atoms with E-state index in [0.29, 0.717) is 27.2 Å². The first-order chi connectivity index (χ1) is 12.5. The van der Waals surface area contributed by atoms with Crippen molar-refractivity contribution in [3.8, 4) is 5.75 Å². The topological polar surface area (TPSA) is 31.2 Å². The van der Waals surface area contributed by atoms with Gasteiger partial charge in [-0.05, 0) is 36.8 Å². The van der Waals surface area contributed by atoms with Crippen LogP contribution < -0.4 is 10.2 Å². The van der Waals surface area contributed by atoms with Crippen molar-refractivity contribution in [2.75, 3.05) is 0 Å². The second-order valence-electron chi connectivity index (χ2n) is 5.84. The molecule has 0 aliphatic carbocycles. The van der Waals surface area contributed by atoms with Crippen LogP contribution in [0.2, 0.25) is 15.1 Å². The number of pyridine rings is 1. The molecule has 3 rings (SSSR count). The summed E-state index contributed by atoms with van der Waals surface area (Å²) in [4.78, 5) is 12.3. The number of halogens is 3. The van der Waals surface area contributed by atoms with Crippen LogP contribution in [-0.4, -0.2) is 4.57 Å². The van der Waals surface area contributed by atoms with E-state index < -0.39 is 0 Å². The van der Waals surface area contributed by atoms with Gasteiger partial charge in [0.25, 0.3) is 0 Å². The summed E-state index contributed by atoms with van der Waals surface area (Å²) in [5.74, 6) is 0.289. The van der Waals surface area contributed by atoms with Crippen molar-refractivity contribution in [2.24, 2.45) is 0 Å². The lowest BCUT2D eigenvalue weighted by Crippen LogP contribution is -2.15. The van der Waals surface area contributed by atoms with Crippen LogP contribution in [0.15, 0.2) is 59.5 Å². The predicted octanol–water partition coefficient (Wildman–Crippen LogP) is 5.74. The molecule has 0 spiro atoms. The molecule has 0 saturated carbocycles. The number of aromatic nitrogens is 1. The van der Waals surface area contributed by atoms with Crippen molar-refractivity contribution in [3.63, 3.8) is 0 Å². The summed E-state index contributed by atoms with van der Waals surface area (Å²) < 4.78 is 7.74. The van der Waals surface area contributed by atoms with Gasteiger partial charge in [0.1, 0.15) is 6.61 Å². The molecule has 1 heterocycles. The van der Waals surface area contributed by atoms with Crippen LogP contribution in [0, 0.1) is 6.92 Å². The third-order valence-electron chi connectivity index (χ3n) is 4.08. The van der Waals surface area contributed by atoms with Gasteiger partial charge in [-0.3, -0.25) is 4.79 Å². The maximum absolute atomic E-state index is 12.3. The van der Waals surface area contributed by atoms with Crippen molar-refractivity contribution >= 4 is 34.8 Å². The summed E-state index contributed by atoms with van der Waals surface area (Å²) in [7, 11) is 0. The van der Waals surface area contributed by atoms with Crippen molar-refractivity contribution in [1.29, 1.82) is 0 Å². The van der Waals surface area contributed by atoms with E-state index in [1.165, 1.54) is 6.07 Å². The van der Waals surface area contributed by atoms with Gasteiger partial charge in [0.2, 0.25) is 5.43 Å². The number of rotatable bonds is 5. The Labute approximate surface area is 166 Å². The summed E-state index contributed by atoms with van der Waals surface area (Å²) in [6.07, 6.45) is 1.75. The highest BCUT2D eigenvalue weighted by atomic mass is 35.5. The Kier molecular flexibility index (Phi) is 5.92. The largest absolute Gasteiger partial charge is 0.483 e. The van der Waals surface area contributed by atoms with Gasteiger partial charge in [-0.25, -0.2) is 0 Å². The lowest BCUT2D eigenvalue weighted by molar-refractivity contribution is 0.297. The summed E-state index contributed by atoms with van der Waals surface area (Å²) in [5.41, 5.74) is 2.28. The van der Waals surface area contributed by atoms with Gasteiger partial charge >= 0.3 is 0 Å². The monoisotopic (exact) mass is 407 g/mol. The Morgan fingerprint density at radius 2 is 1.62 bits per heavy atom. The summed E-state index contributed by atoms with van der Waals surface area (Å²) >= 11 is 18.3. The fourth-order valence-corrected chi connectivity index (χ4v) is 3.23. The summed E-state index contributed by atoms with van der Waals surface area (Å²) in [6, 6.07) is 14.3.